The second kappa shape index (κ2) is 10.2. The van der Waals surface area contributed by atoms with E-state index in [1.54, 1.807) is 0 Å². The third kappa shape index (κ3) is 3.90. The maximum Gasteiger partial charge on any atom is 0.136 e. The van der Waals surface area contributed by atoms with Crippen molar-refractivity contribution in [3.63, 3.8) is 0 Å². The summed E-state index contributed by atoms with van der Waals surface area (Å²) in [5.74, 6) is 0. The van der Waals surface area contributed by atoms with Gasteiger partial charge in [-0.05, 0) is 101 Å². The molecule has 0 unspecified atom stereocenters. The number of hydrogen-bond donors (Lipinski definition) is 0. The van der Waals surface area contributed by atoms with E-state index in [9.17, 15) is 4.11 Å². The third-order valence-electron chi connectivity index (χ3n) is 9.44. The summed E-state index contributed by atoms with van der Waals surface area (Å²) in [5, 5.41) is 7.87. The monoisotopic (exact) mass is 601 g/mol. The van der Waals surface area contributed by atoms with Crippen LogP contribution in [-0.4, -0.2) is 0 Å². The van der Waals surface area contributed by atoms with Crippen LogP contribution in [0.25, 0.3) is 98.4 Å². The molecule has 1 nitrogen and oxygen atoms in total. The number of hydrogen-bond acceptors (Lipinski definition) is 1. The van der Waals surface area contributed by atoms with Gasteiger partial charge in [0, 0.05) is 10.8 Å². The van der Waals surface area contributed by atoms with Gasteiger partial charge in [0.15, 0.2) is 0 Å². The van der Waals surface area contributed by atoms with Crippen molar-refractivity contribution in [1.82, 2.24) is 0 Å². The Morgan fingerprint density at radius 1 is 0.404 bits per heavy atom. The van der Waals surface area contributed by atoms with E-state index in [0.717, 1.165) is 60.1 Å². The first-order valence-corrected chi connectivity index (χ1v) is 15.8. The van der Waals surface area contributed by atoms with Gasteiger partial charge in [-0.3, -0.25) is 0 Å². The second-order valence-corrected chi connectivity index (χ2v) is 12.0. The number of benzene rings is 9. The molecule has 0 N–H and O–H groups in total. The van der Waals surface area contributed by atoms with E-state index in [1.165, 1.54) is 0 Å². The molecule has 47 heavy (non-hydrogen) atoms. The third-order valence-corrected chi connectivity index (χ3v) is 9.44. The summed E-state index contributed by atoms with van der Waals surface area (Å²) in [7, 11) is 0. The van der Waals surface area contributed by atoms with E-state index in [1.807, 2.05) is 54.6 Å². The normalized spacial score (nSPS) is 13.3. The predicted octanol–water partition coefficient (Wildman–Crippen LogP) is 13.2. The molecule has 0 aliphatic rings. The van der Waals surface area contributed by atoms with E-state index in [4.69, 9.17) is 7.16 Å². The molecule has 0 amide bonds. The van der Waals surface area contributed by atoms with E-state index in [0.29, 0.717) is 38.3 Å². The Bertz CT molecular complexity index is 3070. The standard InChI is InChI=1S/C46H28O/c1-2-14-29(15-3-1)31-26-30-16-4-5-17-32(30)40(27-31)44-35-20-8-10-22-37(35)45(38-23-11-9-21-36(38)44)41-28-43-46(34-19-7-6-18-33(34)41)39-24-12-13-25-42(39)47-43/h1-28H/i6D,7D,18D,19D,28D. The number of furan rings is 1. The van der Waals surface area contributed by atoms with Gasteiger partial charge in [0.25, 0.3) is 0 Å². The quantitative estimate of drug-likeness (QED) is 0.184. The molecular formula is C46H28O. The van der Waals surface area contributed by atoms with Gasteiger partial charge >= 0.3 is 0 Å². The summed E-state index contributed by atoms with van der Waals surface area (Å²) in [6.07, 6.45) is 0. The van der Waals surface area contributed by atoms with Crippen LogP contribution >= 0.6 is 0 Å². The fourth-order valence-corrected chi connectivity index (χ4v) is 7.44. The van der Waals surface area contributed by atoms with Crippen LogP contribution in [0.2, 0.25) is 0 Å². The SMILES string of the molecule is [2H]c1c([2H])c([2H])c2c(c1[2H])c(-c1c3ccccc3c(-c3cc(-c4ccccc4)cc4ccccc34)c3ccccc13)c([2H])c1oc3ccccc3c12. The molecule has 1 heteroatoms. The highest BCUT2D eigenvalue weighted by Crippen LogP contribution is 2.49. The molecule has 0 aliphatic heterocycles. The molecular weight excluding hydrogens is 569 g/mol. The fourth-order valence-electron chi connectivity index (χ4n) is 7.44. The molecule has 0 aliphatic carbocycles. The van der Waals surface area contributed by atoms with E-state index < -0.39 is 0 Å². The summed E-state index contributed by atoms with van der Waals surface area (Å²) in [4.78, 5) is 0. The Morgan fingerprint density at radius 2 is 0.957 bits per heavy atom. The van der Waals surface area contributed by atoms with E-state index in [-0.39, 0.29) is 30.2 Å². The maximum atomic E-state index is 9.84. The Hall–Kier alpha value is -6.18. The van der Waals surface area contributed by atoms with Crippen LogP contribution in [0.4, 0.5) is 0 Å². The van der Waals surface area contributed by atoms with E-state index in [2.05, 4.69) is 84.9 Å². The highest BCUT2D eigenvalue weighted by molar-refractivity contribution is 6.28. The summed E-state index contributed by atoms with van der Waals surface area (Å²) in [6.45, 7) is 0. The smallest absolute Gasteiger partial charge is 0.136 e. The largest absolute Gasteiger partial charge is 0.456 e. The zero-order valence-electron chi connectivity index (χ0n) is 30.2. The highest BCUT2D eigenvalue weighted by Gasteiger charge is 2.22. The van der Waals surface area contributed by atoms with Crippen LogP contribution in [0, 0.1) is 0 Å². The molecule has 9 aromatic carbocycles. The van der Waals surface area contributed by atoms with Gasteiger partial charge in [-0.2, -0.15) is 0 Å². The lowest BCUT2D eigenvalue weighted by atomic mass is 9.82. The Labute approximate surface area is 279 Å². The van der Waals surface area contributed by atoms with Crippen molar-refractivity contribution < 1.29 is 11.3 Å². The minimum Gasteiger partial charge on any atom is -0.456 e. The molecule has 0 fully saturated rings. The summed E-state index contributed by atoms with van der Waals surface area (Å²) >= 11 is 0. The van der Waals surface area contributed by atoms with Crippen molar-refractivity contribution in [2.24, 2.45) is 0 Å². The molecule has 0 saturated carbocycles. The van der Waals surface area contributed by atoms with Crippen LogP contribution in [-0.2, 0) is 0 Å². The first kappa shape index (κ1) is 21.5. The maximum absolute atomic E-state index is 9.84. The van der Waals surface area contributed by atoms with Gasteiger partial charge in [-0.1, -0.05) is 145 Å². The van der Waals surface area contributed by atoms with Gasteiger partial charge in [-0.15, -0.1) is 0 Å². The first-order valence-electron chi connectivity index (χ1n) is 18.3. The Morgan fingerprint density at radius 3 is 1.66 bits per heavy atom. The predicted molar refractivity (Wildman–Crippen MR) is 200 cm³/mol. The molecule has 0 bridgehead atoms. The molecule has 218 valence electrons. The van der Waals surface area contributed by atoms with Crippen LogP contribution in [0.1, 0.15) is 6.85 Å². The van der Waals surface area contributed by atoms with Gasteiger partial charge in [-0.25, -0.2) is 0 Å². The lowest BCUT2D eigenvalue weighted by molar-refractivity contribution is 0.669. The van der Waals surface area contributed by atoms with Crippen molar-refractivity contribution in [3.05, 3.63) is 170 Å². The minimum absolute atomic E-state index is 0.0864. The zero-order valence-corrected chi connectivity index (χ0v) is 25.2. The summed E-state index contributed by atoms with van der Waals surface area (Å²) < 4.78 is 52.2. The van der Waals surface area contributed by atoms with Gasteiger partial charge in [0.1, 0.15) is 11.2 Å². The average molecular weight is 602 g/mol. The van der Waals surface area contributed by atoms with Gasteiger partial charge in [0.2, 0.25) is 0 Å². The van der Waals surface area contributed by atoms with Crippen molar-refractivity contribution in [2.75, 3.05) is 0 Å². The lowest BCUT2D eigenvalue weighted by Crippen LogP contribution is -1.93. The van der Waals surface area contributed by atoms with Crippen LogP contribution in [0.5, 0.6) is 0 Å². The van der Waals surface area contributed by atoms with E-state index >= 15 is 0 Å². The molecule has 1 aromatic heterocycles. The van der Waals surface area contributed by atoms with Crippen LogP contribution in [0.3, 0.4) is 0 Å². The van der Waals surface area contributed by atoms with Crippen molar-refractivity contribution in [1.29, 1.82) is 0 Å². The number of rotatable bonds is 3. The number of fused-ring (bicyclic) bond motifs is 8. The zero-order chi connectivity index (χ0) is 35.2. The second-order valence-electron chi connectivity index (χ2n) is 12.0. The van der Waals surface area contributed by atoms with Crippen molar-refractivity contribution in [3.8, 4) is 33.4 Å². The number of para-hydroxylation sites is 1. The topological polar surface area (TPSA) is 13.1 Å². The lowest BCUT2D eigenvalue weighted by Gasteiger charge is -2.20. The Kier molecular flexibility index (Phi) is 4.66. The summed E-state index contributed by atoms with van der Waals surface area (Å²) in [5.41, 5.74) is 6.40. The molecule has 10 rings (SSSR count). The van der Waals surface area contributed by atoms with Crippen molar-refractivity contribution in [2.45, 2.75) is 0 Å². The minimum atomic E-state index is -0.334. The van der Waals surface area contributed by atoms with Crippen LogP contribution < -0.4 is 0 Å². The molecule has 10 aromatic rings. The highest BCUT2D eigenvalue weighted by atomic mass is 16.3. The van der Waals surface area contributed by atoms with Gasteiger partial charge in [0.05, 0.1) is 6.85 Å². The average Bonchev–Trinajstić information content (AvgIpc) is 3.58. The molecule has 0 atom stereocenters. The van der Waals surface area contributed by atoms with Crippen molar-refractivity contribution >= 4 is 65.0 Å². The molecule has 0 saturated heterocycles. The van der Waals surface area contributed by atoms with Crippen LogP contribution in [0.15, 0.2) is 174 Å². The van der Waals surface area contributed by atoms with Gasteiger partial charge < -0.3 is 4.42 Å². The molecule has 0 spiro atoms. The first-order chi connectivity index (χ1) is 25.4. The molecule has 0 radical (unpaired) electrons. The Balaban J connectivity index is 1.42. The molecule has 1 heterocycles. The summed E-state index contributed by atoms with van der Waals surface area (Å²) in [6, 6.07) is 46.3. The fraction of sp³-hybridized carbons (Fsp3) is 0.